The molecule has 0 spiro atoms. The van der Waals surface area contributed by atoms with Gasteiger partial charge in [-0.3, -0.25) is 4.18 Å². The van der Waals surface area contributed by atoms with Gasteiger partial charge in [-0.2, -0.15) is 8.42 Å². The Balaban J connectivity index is 2.67. The lowest BCUT2D eigenvalue weighted by atomic mass is 9.82. The summed E-state index contributed by atoms with van der Waals surface area (Å²) in [4.78, 5) is 23.9. The third kappa shape index (κ3) is 7.48. The molecule has 1 aliphatic rings. The lowest BCUT2D eigenvalue weighted by molar-refractivity contribution is -0.145. The molecule has 8 nitrogen and oxygen atoms in total. The van der Waals surface area contributed by atoms with Crippen LogP contribution in [0.25, 0.3) is 0 Å². The van der Waals surface area contributed by atoms with Crippen molar-refractivity contribution in [1.82, 2.24) is 5.32 Å². The summed E-state index contributed by atoms with van der Waals surface area (Å²) < 4.78 is 37.3. The highest BCUT2D eigenvalue weighted by molar-refractivity contribution is 7.86. The van der Waals surface area contributed by atoms with Crippen LogP contribution in [0.3, 0.4) is 0 Å². The Kier molecular flexibility index (Phi) is 7.03. The molecule has 1 aliphatic carbocycles. The van der Waals surface area contributed by atoms with Crippen molar-refractivity contribution < 1.29 is 31.7 Å². The summed E-state index contributed by atoms with van der Waals surface area (Å²) in [5.74, 6) is -0.710. The second-order valence-corrected chi connectivity index (χ2v) is 8.58. The predicted octanol–water partition coefficient (Wildman–Crippen LogP) is 1.59. The Morgan fingerprint density at radius 1 is 1.12 bits per heavy atom. The highest BCUT2D eigenvalue weighted by atomic mass is 32.2. The number of hydrogen-bond acceptors (Lipinski definition) is 7. The number of hydrogen-bond donors (Lipinski definition) is 1. The molecule has 140 valence electrons. The van der Waals surface area contributed by atoms with Crippen LogP contribution in [0.2, 0.25) is 0 Å². The SMILES string of the molecule is COC(=O)[C@H](NC(=O)OC(C)(C)C)[C@H]1CC[C@@H](OS(C)(=O)=O)CC1. The maximum Gasteiger partial charge on any atom is 0.408 e. The van der Waals surface area contributed by atoms with Crippen LogP contribution in [0.5, 0.6) is 0 Å². The van der Waals surface area contributed by atoms with Crippen LogP contribution in [-0.4, -0.2) is 51.6 Å². The molecule has 0 bridgehead atoms. The van der Waals surface area contributed by atoms with Gasteiger partial charge in [-0.25, -0.2) is 9.59 Å². The third-order valence-electron chi connectivity index (χ3n) is 3.63. The number of carbonyl (C=O) groups excluding carboxylic acids is 2. The van der Waals surface area contributed by atoms with Crippen molar-refractivity contribution in [2.24, 2.45) is 5.92 Å². The van der Waals surface area contributed by atoms with Crippen LogP contribution in [0.1, 0.15) is 46.5 Å². The molecule has 0 saturated heterocycles. The second-order valence-electron chi connectivity index (χ2n) is 6.98. The first-order valence-corrected chi connectivity index (χ1v) is 9.68. The van der Waals surface area contributed by atoms with Gasteiger partial charge >= 0.3 is 12.1 Å². The molecule has 0 aliphatic heterocycles. The normalized spacial score (nSPS) is 23.2. The summed E-state index contributed by atoms with van der Waals surface area (Å²) in [6, 6.07) is -0.830. The molecule has 0 aromatic carbocycles. The summed E-state index contributed by atoms with van der Waals surface area (Å²) in [5.41, 5.74) is -0.675. The third-order valence-corrected chi connectivity index (χ3v) is 4.25. The van der Waals surface area contributed by atoms with E-state index in [4.69, 9.17) is 13.7 Å². The topological polar surface area (TPSA) is 108 Å². The molecule has 0 heterocycles. The predicted molar refractivity (Wildman–Crippen MR) is 86.8 cm³/mol. The summed E-state index contributed by atoms with van der Waals surface area (Å²) >= 11 is 0. The zero-order valence-electron chi connectivity index (χ0n) is 14.8. The van der Waals surface area contributed by atoms with Crippen LogP contribution < -0.4 is 5.32 Å². The zero-order chi connectivity index (χ0) is 18.5. The van der Waals surface area contributed by atoms with E-state index in [1.54, 1.807) is 20.8 Å². The van der Waals surface area contributed by atoms with Gasteiger partial charge in [-0.05, 0) is 52.4 Å². The van der Waals surface area contributed by atoms with E-state index in [1.807, 2.05) is 0 Å². The number of alkyl carbamates (subject to hydrolysis) is 1. The average molecular weight is 365 g/mol. The largest absolute Gasteiger partial charge is 0.467 e. The minimum Gasteiger partial charge on any atom is -0.467 e. The van der Waals surface area contributed by atoms with Crippen LogP contribution in [0.15, 0.2) is 0 Å². The standard InChI is InChI=1S/C15H27NO7S/c1-15(2,3)22-14(18)16-12(13(17)21-4)10-6-8-11(9-7-10)23-24(5,19)20/h10-12H,6-9H2,1-5H3,(H,16,18)/t10-,11+,12-/m1/s1. The second kappa shape index (κ2) is 8.15. The molecular formula is C15H27NO7S. The van der Waals surface area contributed by atoms with Crippen molar-refractivity contribution >= 4 is 22.2 Å². The van der Waals surface area contributed by atoms with Crippen molar-refractivity contribution in [3.8, 4) is 0 Å². The summed E-state index contributed by atoms with van der Waals surface area (Å²) in [6.45, 7) is 5.19. The van der Waals surface area contributed by atoms with Crippen molar-refractivity contribution in [2.45, 2.75) is 64.2 Å². The molecule has 1 N–H and O–H groups in total. The monoisotopic (exact) mass is 365 g/mol. The molecule has 0 aromatic rings. The van der Waals surface area contributed by atoms with E-state index in [0.29, 0.717) is 25.7 Å². The molecular weight excluding hydrogens is 338 g/mol. The molecule has 0 unspecified atom stereocenters. The molecule has 1 atom stereocenters. The first-order valence-electron chi connectivity index (χ1n) is 7.87. The molecule has 1 fully saturated rings. The molecule has 24 heavy (non-hydrogen) atoms. The lowest BCUT2D eigenvalue weighted by Crippen LogP contribution is -2.49. The van der Waals surface area contributed by atoms with Gasteiger partial charge in [0.2, 0.25) is 0 Å². The fourth-order valence-corrected chi connectivity index (χ4v) is 3.38. The van der Waals surface area contributed by atoms with Crippen LogP contribution in [-0.2, 0) is 28.6 Å². The molecule has 0 radical (unpaired) electrons. The lowest BCUT2D eigenvalue weighted by Gasteiger charge is -2.32. The van der Waals surface area contributed by atoms with E-state index < -0.39 is 39.9 Å². The Morgan fingerprint density at radius 2 is 1.67 bits per heavy atom. The van der Waals surface area contributed by atoms with Crippen LogP contribution in [0.4, 0.5) is 4.79 Å². The molecule has 0 aromatic heterocycles. The Labute approximate surface area is 143 Å². The van der Waals surface area contributed by atoms with Crippen molar-refractivity contribution in [3.05, 3.63) is 0 Å². The molecule has 1 saturated carbocycles. The van der Waals surface area contributed by atoms with Crippen molar-refractivity contribution in [2.75, 3.05) is 13.4 Å². The van der Waals surface area contributed by atoms with E-state index >= 15 is 0 Å². The number of nitrogens with one attached hydrogen (secondary N) is 1. The van der Waals surface area contributed by atoms with Gasteiger partial charge in [0.15, 0.2) is 0 Å². The fraction of sp³-hybridized carbons (Fsp3) is 0.867. The smallest absolute Gasteiger partial charge is 0.408 e. The minimum atomic E-state index is -3.50. The van der Waals surface area contributed by atoms with Gasteiger partial charge in [0.25, 0.3) is 10.1 Å². The van der Waals surface area contributed by atoms with Gasteiger partial charge in [0, 0.05) is 0 Å². The molecule has 9 heteroatoms. The van der Waals surface area contributed by atoms with Gasteiger partial charge in [-0.15, -0.1) is 0 Å². The van der Waals surface area contributed by atoms with Crippen LogP contribution in [0, 0.1) is 5.92 Å². The minimum absolute atomic E-state index is 0.163. The highest BCUT2D eigenvalue weighted by Crippen LogP contribution is 2.30. The summed E-state index contributed by atoms with van der Waals surface area (Å²) in [7, 11) is -2.25. The van der Waals surface area contributed by atoms with Crippen molar-refractivity contribution in [3.63, 3.8) is 0 Å². The van der Waals surface area contributed by atoms with Gasteiger partial charge in [0.05, 0.1) is 19.5 Å². The maximum absolute atomic E-state index is 12.0. The Bertz CT molecular complexity index is 545. The number of amides is 1. The molecule has 1 amide bonds. The van der Waals surface area contributed by atoms with Gasteiger partial charge < -0.3 is 14.8 Å². The van der Waals surface area contributed by atoms with Crippen LogP contribution >= 0.6 is 0 Å². The van der Waals surface area contributed by atoms with E-state index in [1.165, 1.54) is 7.11 Å². The Morgan fingerprint density at radius 3 is 2.08 bits per heavy atom. The highest BCUT2D eigenvalue weighted by Gasteiger charge is 2.36. The first-order chi connectivity index (χ1) is 10.9. The summed E-state index contributed by atoms with van der Waals surface area (Å²) in [5, 5.41) is 2.56. The van der Waals surface area contributed by atoms with E-state index in [-0.39, 0.29) is 5.92 Å². The number of rotatable bonds is 5. The van der Waals surface area contributed by atoms with Crippen molar-refractivity contribution in [1.29, 1.82) is 0 Å². The maximum atomic E-state index is 12.0. The van der Waals surface area contributed by atoms with E-state index in [0.717, 1.165) is 6.26 Å². The van der Waals surface area contributed by atoms with Gasteiger partial charge in [0.1, 0.15) is 11.6 Å². The fourth-order valence-electron chi connectivity index (χ4n) is 2.70. The number of carbonyl (C=O) groups is 2. The zero-order valence-corrected chi connectivity index (χ0v) is 15.6. The van der Waals surface area contributed by atoms with Gasteiger partial charge in [-0.1, -0.05) is 0 Å². The number of ether oxygens (including phenoxy) is 2. The molecule has 1 rings (SSSR count). The van der Waals surface area contributed by atoms with E-state index in [9.17, 15) is 18.0 Å². The number of esters is 1. The number of methoxy groups -OCH3 is 1. The average Bonchev–Trinajstić information content (AvgIpc) is 2.41. The summed E-state index contributed by atoms with van der Waals surface area (Å²) in [6.07, 6.45) is 1.98. The van der Waals surface area contributed by atoms with E-state index in [2.05, 4.69) is 5.32 Å². The Hall–Kier alpha value is -1.35. The quantitative estimate of drug-likeness (QED) is 0.582. The first kappa shape index (κ1) is 20.7.